The molecule has 0 saturated carbocycles. The standard InChI is InChI=1S/C7H4NO.C5H.Fe/c1-6(8-9)7-4-2-3-5-7;1-2-4-5-3-1;/h9H,1H3;1H;/q2*-5;. The van der Waals surface area contributed by atoms with Gasteiger partial charge in [0.1, 0.15) is 0 Å². The molecule has 0 spiro atoms. The second kappa shape index (κ2) is 8.04. The minimum absolute atomic E-state index is 0. The van der Waals surface area contributed by atoms with E-state index in [2.05, 4.69) is 53.7 Å². The van der Waals surface area contributed by atoms with Gasteiger partial charge in [0.2, 0.25) is 0 Å². The summed E-state index contributed by atoms with van der Waals surface area (Å²) >= 11 is 0. The molecule has 0 saturated heterocycles. The van der Waals surface area contributed by atoms with Crippen LogP contribution in [0.4, 0.5) is 0 Å². The molecule has 0 amide bonds. The Morgan fingerprint density at radius 3 is 2.00 bits per heavy atom. The third kappa shape index (κ3) is 5.21. The van der Waals surface area contributed by atoms with E-state index in [0.29, 0.717) is 11.3 Å². The summed E-state index contributed by atoms with van der Waals surface area (Å²) in [6.07, 6.45) is 0. The number of oxime groups is 1. The molecule has 0 radical (unpaired) electrons. The smallest absolute Gasteiger partial charge is 0 e. The van der Waals surface area contributed by atoms with Crippen molar-refractivity contribution >= 4 is 5.71 Å². The summed E-state index contributed by atoms with van der Waals surface area (Å²) in [6, 6.07) is 22.4. The van der Waals surface area contributed by atoms with Gasteiger partial charge in [-0.2, -0.15) is 6.92 Å². The Balaban J connectivity index is 0.000000280. The molecule has 0 atom stereocenters. The van der Waals surface area contributed by atoms with Crippen molar-refractivity contribution < 1.29 is 22.3 Å². The first kappa shape index (κ1) is 13.7. The van der Waals surface area contributed by atoms with Crippen molar-refractivity contribution in [2.45, 2.75) is 6.92 Å². The first-order valence-electron chi connectivity index (χ1n) is 3.75. The van der Waals surface area contributed by atoms with Crippen LogP contribution in [0.5, 0.6) is 0 Å². The van der Waals surface area contributed by atoms with Gasteiger partial charge in [-0.15, -0.1) is 0 Å². The van der Waals surface area contributed by atoms with E-state index in [4.69, 9.17) is 5.21 Å². The fourth-order valence-corrected chi connectivity index (χ4v) is 0.630. The Labute approximate surface area is 100 Å². The monoisotopic (exact) mass is 235 g/mol. The third-order valence-electron chi connectivity index (χ3n) is 1.30. The maximum atomic E-state index is 8.23. The van der Waals surface area contributed by atoms with Gasteiger partial charge in [0.15, 0.2) is 0 Å². The summed E-state index contributed by atoms with van der Waals surface area (Å²) in [6.45, 7) is 1.66. The van der Waals surface area contributed by atoms with Gasteiger partial charge in [0, 0.05) is 17.1 Å². The van der Waals surface area contributed by atoms with Crippen LogP contribution in [0.15, 0.2) is 11.2 Å². The Morgan fingerprint density at radius 1 is 1.13 bits per heavy atom. The van der Waals surface area contributed by atoms with Gasteiger partial charge in [-0.25, -0.2) is 0 Å². The molecule has 0 aromatic heterocycles. The van der Waals surface area contributed by atoms with Crippen molar-refractivity contribution in [3.8, 4) is 0 Å². The molecule has 0 aliphatic carbocycles. The van der Waals surface area contributed by atoms with Gasteiger partial charge in [-0.1, -0.05) is 0 Å². The minimum atomic E-state index is 0. The molecule has 1 N–H and O–H groups in total. The summed E-state index contributed by atoms with van der Waals surface area (Å²) in [5, 5.41) is 11.2. The van der Waals surface area contributed by atoms with Crippen LogP contribution in [-0.4, -0.2) is 10.9 Å². The zero-order valence-corrected chi connectivity index (χ0v) is 8.93. The summed E-state index contributed by atoms with van der Waals surface area (Å²) in [5.41, 5.74) is 1.09. The zero-order valence-electron chi connectivity index (χ0n) is 7.83. The van der Waals surface area contributed by atoms with E-state index >= 15 is 0 Å². The second-order valence-electron chi connectivity index (χ2n) is 2.24. The zero-order chi connectivity index (χ0) is 10.2. The Hall–Kier alpha value is -1.31. The fraction of sp³-hybridized carbons (Fsp3) is 0.0833. The molecule has 2 rings (SSSR count). The summed E-state index contributed by atoms with van der Waals surface area (Å²) in [7, 11) is 0. The Morgan fingerprint density at radius 2 is 1.67 bits per heavy atom. The van der Waals surface area contributed by atoms with Crippen molar-refractivity contribution in [1.82, 2.24) is 0 Å². The second-order valence-corrected chi connectivity index (χ2v) is 2.24. The quantitative estimate of drug-likeness (QED) is 0.262. The fourth-order valence-electron chi connectivity index (χ4n) is 0.630. The van der Waals surface area contributed by atoms with Crippen LogP contribution in [0.2, 0.25) is 0 Å². The van der Waals surface area contributed by atoms with Crippen LogP contribution in [0, 0.1) is 48.5 Å². The Bertz CT molecular complexity index is 332. The molecular formula is C12H5FeNO-10. The van der Waals surface area contributed by atoms with Crippen LogP contribution in [-0.2, 0) is 17.1 Å². The van der Waals surface area contributed by atoms with Crippen LogP contribution in [0.1, 0.15) is 12.5 Å². The van der Waals surface area contributed by atoms with E-state index in [1.54, 1.807) is 13.0 Å². The summed E-state index contributed by atoms with van der Waals surface area (Å²) in [4.78, 5) is 0. The number of hydrogen-bond acceptors (Lipinski definition) is 2. The summed E-state index contributed by atoms with van der Waals surface area (Å²) in [5.74, 6) is 0. The average Bonchev–Trinajstić information content (AvgIpc) is 2.91. The minimum Gasteiger partial charge on any atom is -0.999 e. The molecule has 2 nitrogen and oxygen atoms in total. The van der Waals surface area contributed by atoms with Crippen LogP contribution < -0.4 is 0 Å². The van der Waals surface area contributed by atoms with Gasteiger partial charge in [-0.3, -0.25) is 5.16 Å². The van der Waals surface area contributed by atoms with E-state index < -0.39 is 0 Å². The molecule has 82 valence electrons. The van der Waals surface area contributed by atoms with Crippen LogP contribution in [0.3, 0.4) is 0 Å². The molecule has 0 unspecified atom stereocenters. The van der Waals surface area contributed by atoms with Crippen molar-refractivity contribution in [2.24, 2.45) is 5.16 Å². The predicted octanol–water partition coefficient (Wildman–Crippen LogP) is 1.41. The van der Waals surface area contributed by atoms with Gasteiger partial charge in [0.05, 0.1) is 0 Å². The first-order chi connectivity index (χ1) is 6.84. The van der Waals surface area contributed by atoms with Gasteiger partial charge in [-0.05, 0) is 0 Å². The van der Waals surface area contributed by atoms with Crippen molar-refractivity contribution in [2.75, 3.05) is 0 Å². The average molecular weight is 235 g/mol. The Kier molecular flexibility index (Phi) is 7.33. The van der Waals surface area contributed by atoms with E-state index in [-0.39, 0.29) is 17.1 Å². The van der Waals surface area contributed by atoms with Crippen molar-refractivity contribution in [3.05, 3.63) is 60.2 Å². The molecule has 2 aromatic rings. The van der Waals surface area contributed by atoms with Gasteiger partial charge < -0.3 is 71.1 Å². The van der Waals surface area contributed by atoms with Crippen molar-refractivity contribution in [3.63, 3.8) is 0 Å². The maximum absolute atomic E-state index is 8.23. The maximum Gasteiger partial charge on any atom is 0 e. The van der Waals surface area contributed by atoms with E-state index in [9.17, 15) is 0 Å². The van der Waals surface area contributed by atoms with Crippen LogP contribution >= 0.6 is 0 Å². The molecule has 3 heteroatoms. The molecule has 15 heavy (non-hydrogen) atoms. The SMILES string of the molecule is CC(=NO)[c-]1[c-][c-][c-][c-]1.[Fe].[c-]1[c-][c-][cH-][c-]1. The first-order valence-corrected chi connectivity index (χ1v) is 3.75. The predicted molar refractivity (Wildman–Crippen MR) is 48.8 cm³/mol. The van der Waals surface area contributed by atoms with E-state index in [0.717, 1.165) is 0 Å². The van der Waals surface area contributed by atoms with Gasteiger partial charge in [0.25, 0.3) is 0 Å². The molecule has 0 aliphatic heterocycles. The third-order valence-corrected chi connectivity index (χ3v) is 1.30. The molecule has 0 bridgehead atoms. The number of rotatable bonds is 1. The largest absolute Gasteiger partial charge is 0.999 e. The molecular weight excluding hydrogens is 230 g/mol. The molecule has 2 aromatic carbocycles. The molecule has 0 heterocycles. The molecule has 0 fully saturated rings. The molecule has 0 aliphatic rings. The van der Waals surface area contributed by atoms with Crippen molar-refractivity contribution in [1.29, 1.82) is 0 Å². The summed E-state index contributed by atoms with van der Waals surface area (Å²) < 4.78 is 0. The van der Waals surface area contributed by atoms with E-state index in [1.165, 1.54) is 0 Å². The van der Waals surface area contributed by atoms with E-state index in [1.807, 2.05) is 0 Å². The number of nitrogens with zero attached hydrogens (tertiary/aromatic N) is 1. The van der Waals surface area contributed by atoms with Gasteiger partial charge >= 0.3 is 0 Å². The topological polar surface area (TPSA) is 32.6 Å². The normalized spacial score (nSPS) is 9.80. The van der Waals surface area contributed by atoms with Crippen LogP contribution in [0.25, 0.3) is 0 Å². The number of hydrogen-bond donors (Lipinski definition) is 1.